The van der Waals surface area contributed by atoms with Crippen LogP contribution in [-0.2, 0) is 25.2 Å². The van der Waals surface area contributed by atoms with Crippen LogP contribution in [0.1, 0.15) is 157 Å². The number of carbonyl (C=O) groups excluding carboxylic acids is 1. The Morgan fingerprint density at radius 2 is 0.734 bits per heavy atom. The van der Waals surface area contributed by atoms with Crippen LogP contribution in [0.15, 0.2) is 170 Å². The zero-order valence-corrected chi connectivity index (χ0v) is 46.9. The SMILES string of the molecule is CC(=O)O.CC(C)(C(=O)NC1CCC(c2ccnc3ccccc23)CC1)c1ccccc1.CC(C)(C(=O)O)c1ccccc1.N.NC1CCC(c2ccnc3ccccc23)CC1.NC1CCC(c2ccnc3ccccc23)CC1. The Bertz CT molecular complexity index is 3060. The lowest BCUT2D eigenvalue weighted by Crippen LogP contribution is -2.46. The van der Waals surface area contributed by atoms with E-state index in [9.17, 15) is 9.59 Å². The fourth-order valence-electron chi connectivity index (χ4n) is 11.2. The third-order valence-electron chi connectivity index (χ3n) is 16.1. The Kier molecular flexibility index (Phi) is 22.3. The number of carbonyl (C=O) groups is 3. The molecule has 3 saturated carbocycles. The molecule has 3 aromatic heterocycles. The number of rotatable bonds is 8. The summed E-state index contributed by atoms with van der Waals surface area (Å²) in [4.78, 5) is 46.1. The second-order valence-electron chi connectivity index (χ2n) is 22.3. The highest BCUT2D eigenvalue weighted by atomic mass is 16.4. The van der Waals surface area contributed by atoms with Crippen LogP contribution in [-0.4, -0.2) is 61.1 Å². The summed E-state index contributed by atoms with van der Waals surface area (Å²) in [7, 11) is 0. The molecule has 5 aromatic carbocycles. The molecule has 1 amide bonds. The summed E-state index contributed by atoms with van der Waals surface area (Å²) in [5.41, 5.74) is 20.2. The molecule has 79 heavy (non-hydrogen) atoms. The van der Waals surface area contributed by atoms with Crippen molar-refractivity contribution in [1.82, 2.24) is 26.4 Å². The van der Waals surface area contributed by atoms with Gasteiger partial charge in [-0.1, -0.05) is 115 Å². The van der Waals surface area contributed by atoms with Crippen LogP contribution in [0.2, 0.25) is 0 Å². The van der Waals surface area contributed by atoms with Crippen LogP contribution >= 0.6 is 0 Å². The van der Waals surface area contributed by atoms with Gasteiger partial charge in [0.25, 0.3) is 5.97 Å². The first-order valence-corrected chi connectivity index (χ1v) is 27.9. The van der Waals surface area contributed by atoms with Crippen molar-refractivity contribution in [3.8, 4) is 0 Å². The Morgan fingerprint density at radius 3 is 1.06 bits per heavy atom. The zero-order chi connectivity index (χ0) is 55.7. The summed E-state index contributed by atoms with van der Waals surface area (Å²) in [6.07, 6.45) is 19.5. The summed E-state index contributed by atoms with van der Waals surface area (Å²) in [5, 5.41) is 23.5. The Labute approximate surface area is 467 Å². The molecule has 0 atom stereocenters. The second-order valence-corrected chi connectivity index (χ2v) is 22.3. The number of amides is 1. The summed E-state index contributed by atoms with van der Waals surface area (Å²) in [6.45, 7) is 8.49. The van der Waals surface area contributed by atoms with E-state index in [1.807, 2.05) is 99.2 Å². The van der Waals surface area contributed by atoms with E-state index in [0.717, 1.165) is 86.0 Å². The first-order chi connectivity index (χ1) is 37.5. The molecule has 11 rings (SSSR count). The maximum absolute atomic E-state index is 12.9. The number of fused-ring (bicyclic) bond motifs is 3. The Hall–Kier alpha value is -7.38. The molecular formula is C67H83N7O5. The molecule has 3 aliphatic carbocycles. The number of para-hydroxylation sites is 3. The quantitative estimate of drug-likeness (QED) is 0.0838. The minimum atomic E-state index is -0.833. The van der Waals surface area contributed by atoms with Crippen LogP contribution < -0.4 is 22.9 Å². The normalized spacial score (nSPS) is 19.9. The number of aliphatic carboxylic acids is 2. The minimum Gasteiger partial charge on any atom is -0.481 e. The number of nitrogens with one attached hydrogen (secondary N) is 1. The van der Waals surface area contributed by atoms with E-state index >= 15 is 0 Å². The highest BCUT2D eigenvalue weighted by Crippen LogP contribution is 2.39. The number of aromatic nitrogens is 3. The van der Waals surface area contributed by atoms with E-state index in [4.69, 9.17) is 26.5 Å². The molecule has 3 heterocycles. The first-order valence-electron chi connectivity index (χ1n) is 27.9. The lowest BCUT2D eigenvalue weighted by molar-refractivity contribution is -0.142. The molecule has 3 fully saturated rings. The van der Waals surface area contributed by atoms with Crippen molar-refractivity contribution in [3.63, 3.8) is 0 Å². The Balaban J connectivity index is 0.000000173. The van der Waals surface area contributed by atoms with E-state index in [1.165, 1.54) is 58.5 Å². The number of carboxylic acids is 2. The zero-order valence-electron chi connectivity index (χ0n) is 46.9. The number of hydrogen-bond acceptors (Lipinski definition) is 9. The second kappa shape index (κ2) is 29.0. The fourth-order valence-corrected chi connectivity index (χ4v) is 11.2. The molecule has 0 spiro atoms. The van der Waals surface area contributed by atoms with Gasteiger partial charge in [-0.3, -0.25) is 29.3 Å². The van der Waals surface area contributed by atoms with Crippen molar-refractivity contribution >= 4 is 50.6 Å². The van der Waals surface area contributed by atoms with E-state index in [0.29, 0.717) is 29.8 Å². The molecule has 0 radical (unpaired) electrons. The Morgan fingerprint density at radius 1 is 0.443 bits per heavy atom. The van der Waals surface area contributed by atoms with Crippen molar-refractivity contribution in [2.45, 2.75) is 158 Å². The van der Waals surface area contributed by atoms with Crippen molar-refractivity contribution in [2.75, 3.05) is 0 Å². The van der Waals surface area contributed by atoms with Gasteiger partial charge < -0.3 is 33.1 Å². The lowest BCUT2D eigenvalue weighted by atomic mass is 9.79. The van der Waals surface area contributed by atoms with Gasteiger partial charge in [0.1, 0.15) is 0 Å². The third-order valence-corrected chi connectivity index (χ3v) is 16.1. The molecule has 12 heteroatoms. The van der Waals surface area contributed by atoms with Gasteiger partial charge in [0, 0.05) is 59.8 Å². The number of benzene rings is 5. The van der Waals surface area contributed by atoms with Gasteiger partial charge in [-0.05, 0) is 187 Å². The van der Waals surface area contributed by atoms with Crippen molar-refractivity contribution in [2.24, 2.45) is 11.5 Å². The van der Waals surface area contributed by atoms with Crippen LogP contribution in [0.5, 0.6) is 0 Å². The van der Waals surface area contributed by atoms with E-state index in [1.54, 1.807) is 13.8 Å². The number of nitrogens with two attached hydrogens (primary N) is 2. The van der Waals surface area contributed by atoms with Gasteiger partial charge in [-0.25, -0.2) is 0 Å². The highest BCUT2D eigenvalue weighted by Gasteiger charge is 2.33. The van der Waals surface area contributed by atoms with Gasteiger partial charge in [-0.15, -0.1) is 0 Å². The summed E-state index contributed by atoms with van der Waals surface area (Å²) < 4.78 is 0. The van der Waals surface area contributed by atoms with Gasteiger partial charge >= 0.3 is 5.97 Å². The summed E-state index contributed by atoms with van der Waals surface area (Å²) in [5.74, 6) is 0.374. The average Bonchev–Trinajstić information content (AvgIpc) is 3.48. The standard InChI is InChI=1S/C25H28N2O.2C15H18N2.C10H12O2.C2H4O2.H3N/c1-25(2,19-8-4-3-5-9-19)24(28)27-20-14-12-18(13-15-20)21-16-17-26-23-11-7-6-10-22(21)23;2*16-12-7-5-11(6-8-12)13-9-10-17-15-4-2-1-3-14(13)15;1-10(2,9(11)12)8-6-4-3-5-7-8;1-2(3)4;/h3-11,16-18,20H,12-15H2,1-2H3,(H,27,28);2*1-4,9-12H,5-8,16H2;3-7H,1-2H3,(H,11,12);1H3,(H,3,4);1H3. The van der Waals surface area contributed by atoms with Crippen LogP contribution in [0, 0.1) is 0 Å². The fraction of sp³-hybridized carbons (Fsp3) is 0.373. The molecule has 416 valence electrons. The third kappa shape index (κ3) is 16.6. The average molecular weight is 1070 g/mol. The van der Waals surface area contributed by atoms with Gasteiger partial charge in [0.15, 0.2) is 0 Å². The number of nitrogens with zero attached hydrogens (tertiary/aromatic N) is 3. The van der Waals surface area contributed by atoms with Crippen molar-refractivity contribution < 1.29 is 24.6 Å². The predicted molar refractivity (Wildman–Crippen MR) is 322 cm³/mol. The van der Waals surface area contributed by atoms with Gasteiger partial charge in [0.2, 0.25) is 5.91 Å². The maximum Gasteiger partial charge on any atom is 0.313 e. The molecule has 8 aromatic rings. The molecular weight excluding hydrogens is 983 g/mol. The molecule has 0 aliphatic heterocycles. The lowest BCUT2D eigenvalue weighted by Gasteiger charge is -2.33. The number of hydrogen-bond donors (Lipinski definition) is 6. The van der Waals surface area contributed by atoms with Crippen LogP contribution in [0.25, 0.3) is 32.7 Å². The topological polar surface area (TPSA) is 229 Å². The maximum atomic E-state index is 12.9. The van der Waals surface area contributed by atoms with E-state index in [-0.39, 0.29) is 18.1 Å². The minimum absolute atomic E-state index is 0. The predicted octanol–water partition coefficient (Wildman–Crippen LogP) is 14.1. The summed E-state index contributed by atoms with van der Waals surface area (Å²) >= 11 is 0. The monoisotopic (exact) mass is 1070 g/mol. The highest BCUT2D eigenvalue weighted by molar-refractivity contribution is 5.88. The molecule has 0 bridgehead atoms. The van der Waals surface area contributed by atoms with E-state index in [2.05, 4.69) is 105 Å². The van der Waals surface area contributed by atoms with E-state index < -0.39 is 22.8 Å². The number of carboxylic acid groups (broad SMARTS) is 2. The largest absolute Gasteiger partial charge is 0.481 e. The number of pyridine rings is 3. The van der Waals surface area contributed by atoms with Crippen LogP contribution in [0.4, 0.5) is 0 Å². The summed E-state index contributed by atoms with van der Waals surface area (Å²) in [6, 6.07) is 52.1. The molecule has 0 saturated heterocycles. The molecule has 0 unspecified atom stereocenters. The van der Waals surface area contributed by atoms with Crippen molar-refractivity contribution in [1.29, 1.82) is 0 Å². The van der Waals surface area contributed by atoms with Crippen LogP contribution in [0.3, 0.4) is 0 Å². The molecule has 3 aliphatic rings. The first kappa shape index (κ1) is 60.8. The molecule has 10 N–H and O–H groups in total. The van der Waals surface area contributed by atoms with Crippen molar-refractivity contribution in [3.05, 3.63) is 198 Å². The smallest absolute Gasteiger partial charge is 0.313 e. The van der Waals surface area contributed by atoms with Gasteiger partial charge in [0.05, 0.1) is 27.4 Å². The molecule has 12 nitrogen and oxygen atoms in total. The van der Waals surface area contributed by atoms with Gasteiger partial charge in [-0.2, -0.15) is 0 Å².